The molecule has 0 atom stereocenters. The first kappa shape index (κ1) is 16.0. The summed E-state index contributed by atoms with van der Waals surface area (Å²) in [6.07, 6.45) is 3.40. The van der Waals surface area contributed by atoms with Crippen molar-refractivity contribution in [1.29, 1.82) is 5.26 Å². The van der Waals surface area contributed by atoms with Gasteiger partial charge in [0.25, 0.3) is 0 Å². The number of aromatic nitrogens is 3. The van der Waals surface area contributed by atoms with Crippen molar-refractivity contribution < 1.29 is 0 Å². The lowest BCUT2D eigenvalue weighted by atomic mass is 10.1. The number of benzene rings is 1. The molecule has 0 bridgehead atoms. The molecule has 4 aromatic rings. The largest absolute Gasteiger partial charge is 0.346 e. The fraction of sp³-hybridized carbons (Fsp3) is 0.211. The average molecular weight is 364 g/mol. The number of para-hydroxylation sites is 1. The molecule has 0 aliphatic carbocycles. The van der Waals surface area contributed by atoms with Gasteiger partial charge in [-0.05, 0) is 13.0 Å². The first-order chi connectivity index (χ1) is 12.2. The molecule has 0 saturated carbocycles. The van der Waals surface area contributed by atoms with Gasteiger partial charge in [-0.15, -0.1) is 22.7 Å². The normalized spacial score (nSPS) is 11.0. The van der Waals surface area contributed by atoms with Crippen LogP contribution in [0.1, 0.15) is 22.1 Å². The fourth-order valence-corrected chi connectivity index (χ4v) is 4.39. The zero-order chi connectivity index (χ0) is 17.2. The van der Waals surface area contributed by atoms with E-state index in [2.05, 4.69) is 44.7 Å². The lowest BCUT2D eigenvalue weighted by Crippen LogP contribution is -1.94. The van der Waals surface area contributed by atoms with Crippen molar-refractivity contribution in [2.75, 3.05) is 0 Å². The Morgan fingerprint density at radius 1 is 1.16 bits per heavy atom. The third-order valence-corrected chi connectivity index (χ3v) is 5.75. The van der Waals surface area contributed by atoms with E-state index in [1.807, 2.05) is 19.1 Å². The van der Waals surface area contributed by atoms with Gasteiger partial charge in [-0.1, -0.05) is 18.2 Å². The van der Waals surface area contributed by atoms with E-state index in [0.717, 1.165) is 38.9 Å². The average Bonchev–Trinajstić information content (AvgIpc) is 3.32. The van der Waals surface area contributed by atoms with Crippen molar-refractivity contribution in [3.63, 3.8) is 0 Å². The Morgan fingerprint density at radius 2 is 2.04 bits per heavy atom. The quantitative estimate of drug-likeness (QED) is 0.499. The third-order valence-electron chi connectivity index (χ3n) is 4.08. The van der Waals surface area contributed by atoms with Gasteiger partial charge in [0.1, 0.15) is 0 Å². The Balaban J connectivity index is 1.69. The molecule has 1 aromatic carbocycles. The highest BCUT2D eigenvalue weighted by Gasteiger charge is 2.13. The van der Waals surface area contributed by atoms with Crippen molar-refractivity contribution in [2.45, 2.75) is 26.3 Å². The summed E-state index contributed by atoms with van der Waals surface area (Å²) in [5.41, 5.74) is 4.36. The van der Waals surface area contributed by atoms with Gasteiger partial charge in [-0.2, -0.15) is 5.26 Å². The molecule has 0 aliphatic rings. The van der Waals surface area contributed by atoms with Gasteiger partial charge >= 0.3 is 0 Å². The van der Waals surface area contributed by atoms with E-state index < -0.39 is 0 Å². The predicted octanol–water partition coefficient (Wildman–Crippen LogP) is 5.03. The minimum Gasteiger partial charge on any atom is -0.346 e. The number of thiazole rings is 2. The van der Waals surface area contributed by atoms with E-state index in [4.69, 9.17) is 10.2 Å². The number of rotatable bonds is 5. The summed E-state index contributed by atoms with van der Waals surface area (Å²) in [6.45, 7) is 2.73. The van der Waals surface area contributed by atoms with Crippen LogP contribution in [0, 0.1) is 18.3 Å². The van der Waals surface area contributed by atoms with E-state index in [9.17, 15) is 0 Å². The highest BCUT2D eigenvalue weighted by atomic mass is 32.1. The molecular weight excluding hydrogens is 348 g/mol. The molecule has 0 saturated heterocycles. The molecule has 4 nitrogen and oxygen atoms in total. The molecule has 0 N–H and O–H groups in total. The van der Waals surface area contributed by atoms with Gasteiger partial charge in [-0.3, -0.25) is 0 Å². The maximum absolute atomic E-state index is 8.89. The number of nitriles is 1. The molecule has 124 valence electrons. The molecule has 25 heavy (non-hydrogen) atoms. The Labute approximate surface area is 154 Å². The Bertz CT molecular complexity index is 1060. The second-order valence-electron chi connectivity index (χ2n) is 5.82. The van der Waals surface area contributed by atoms with Gasteiger partial charge in [0.2, 0.25) is 0 Å². The van der Waals surface area contributed by atoms with Crippen molar-refractivity contribution in [1.82, 2.24) is 14.5 Å². The Kier molecular flexibility index (Phi) is 4.35. The molecule has 4 rings (SSSR count). The van der Waals surface area contributed by atoms with Crippen LogP contribution in [0.2, 0.25) is 0 Å². The molecule has 3 heterocycles. The molecule has 0 unspecified atom stereocenters. The van der Waals surface area contributed by atoms with E-state index in [0.29, 0.717) is 13.0 Å². The summed E-state index contributed by atoms with van der Waals surface area (Å²) in [7, 11) is 0. The summed E-state index contributed by atoms with van der Waals surface area (Å²) in [5.74, 6) is 0. The maximum Gasteiger partial charge on any atom is 0.0992 e. The standard InChI is InChI=1S/C19H16N4S2/c1-13-21-14(11-24-13)9-19-22-17(12-25-19)16-10-23(8-4-7-20)18-6-3-2-5-15(16)18/h2-3,5-6,10-12H,4,8-9H2,1H3. The van der Waals surface area contributed by atoms with Crippen LogP contribution in [0.4, 0.5) is 0 Å². The van der Waals surface area contributed by atoms with Gasteiger partial charge in [-0.25, -0.2) is 9.97 Å². The molecule has 3 aromatic heterocycles. The maximum atomic E-state index is 8.89. The topological polar surface area (TPSA) is 54.5 Å². The van der Waals surface area contributed by atoms with Crippen LogP contribution in [0.25, 0.3) is 22.2 Å². The molecule has 0 fully saturated rings. The van der Waals surface area contributed by atoms with Gasteiger partial charge in [0.15, 0.2) is 0 Å². The second-order valence-corrected chi connectivity index (χ2v) is 7.83. The first-order valence-electron chi connectivity index (χ1n) is 8.05. The van der Waals surface area contributed by atoms with E-state index >= 15 is 0 Å². The zero-order valence-electron chi connectivity index (χ0n) is 13.8. The summed E-state index contributed by atoms with van der Waals surface area (Å²) in [5, 5.41) is 16.5. The number of hydrogen-bond donors (Lipinski definition) is 0. The molecular formula is C19H16N4S2. The van der Waals surface area contributed by atoms with Crippen molar-refractivity contribution in [2.24, 2.45) is 0 Å². The van der Waals surface area contributed by atoms with Gasteiger partial charge in [0.05, 0.1) is 33.9 Å². The highest BCUT2D eigenvalue weighted by Crippen LogP contribution is 2.32. The Morgan fingerprint density at radius 3 is 2.84 bits per heavy atom. The monoisotopic (exact) mass is 364 g/mol. The summed E-state index contributed by atoms with van der Waals surface area (Å²) < 4.78 is 2.15. The van der Waals surface area contributed by atoms with Crippen LogP contribution in [0.15, 0.2) is 41.2 Å². The van der Waals surface area contributed by atoms with Crippen LogP contribution < -0.4 is 0 Å². The first-order valence-corrected chi connectivity index (χ1v) is 9.81. The number of nitrogens with zero attached hydrogens (tertiary/aromatic N) is 4. The van der Waals surface area contributed by atoms with Crippen LogP contribution in [0.5, 0.6) is 0 Å². The molecule has 0 radical (unpaired) electrons. The van der Waals surface area contributed by atoms with Crippen LogP contribution in [-0.2, 0) is 13.0 Å². The van der Waals surface area contributed by atoms with Crippen molar-refractivity contribution >= 4 is 33.6 Å². The summed E-state index contributed by atoms with van der Waals surface area (Å²) in [6, 6.07) is 10.5. The number of aryl methyl sites for hydroxylation is 2. The summed E-state index contributed by atoms with van der Waals surface area (Å²) in [4.78, 5) is 9.36. The lowest BCUT2D eigenvalue weighted by Gasteiger charge is -2.00. The minimum absolute atomic E-state index is 0.504. The number of fused-ring (bicyclic) bond motifs is 1. The van der Waals surface area contributed by atoms with Crippen molar-refractivity contribution in [3.05, 3.63) is 56.9 Å². The molecule has 0 amide bonds. The number of hydrogen-bond acceptors (Lipinski definition) is 5. The SMILES string of the molecule is Cc1nc(Cc2nc(-c3cn(CCC#N)c4ccccc34)cs2)cs1. The van der Waals surface area contributed by atoms with Crippen LogP contribution in [0.3, 0.4) is 0 Å². The smallest absolute Gasteiger partial charge is 0.0992 e. The molecule has 6 heteroatoms. The predicted molar refractivity (Wildman–Crippen MR) is 103 cm³/mol. The summed E-state index contributed by atoms with van der Waals surface area (Å²) >= 11 is 3.35. The second kappa shape index (κ2) is 6.79. The van der Waals surface area contributed by atoms with Crippen LogP contribution in [-0.4, -0.2) is 14.5 Å². The molecule has 0 aliphatic heterocycles. The van der Waals surface area contributed by atoms with E-state index in [1.54, 1.807) is 22.7 Å². The zero-order valence-corrected chi connectivity index (χ0v) is 15.4. The van der Waals surface area contributed by atoms with Crippen LogP contribution >= 0.6 is 22.7 Å². The van der Waals surface area contributed by atoms with E-state index in [1.165, 1.54) is 5.39 Å². The highest BCUT2D eigenvalue weighted by molar-refractivity contribution is 7.10. The fourth-order valence-electron chi connectivity index (χ4n) is 2.97. The lowest BCUT2D eigenvalue weighted by molar-refractivity contribution is 0.745. The van der Waals surface area contributed by atoms with Crippen molar-refractivity contribution in [3.8, 4) is 17.3 Å². The third kappa shape index (κ3) is 3.21. The van der Waals surface area contributed by atoms with E-state index in [-0.39, 0.29) is 0 Å². The molecule has 0 spiro atoms. The Hall–Kier alpha value is -2.49. The van der Waals surface area contributed by atoms with Gasteiger partial charge in [0, 0.05) is 46.4 Å². The minimum atomic E-state index is 0.504. The van der Waals surface area contributed by atoms with Gasteiger partial charge < -0.3 is 4.57 Å².